The third kappa shape index (κ3) is 3.51. The maximum atomic E-state index is 13.0. The van der Waals surface area contributed by atoms with Crippen molar-refractivity contribution in [3.63, 3.8) is 0 Å². The van der Waals surface area contributed by atoms with E-state index in [1.54, 1.807) is 0 Å². The summed E-state index contributed by atoms with van der Waals surface area (Å²) in [6, 6.07) is 0. The van der Waals surface area contributed by atoms with Crippen LogP contribution in [0.5, 0.6) is 0 Å². The second-order valence-corrected chi connectivity index (χ2v) is 3.34. The fourth-order valence-electron chi connectivity index (χ4n) is 1.06. The number of halogens is 14. The van der Waals surface area contributed by atoms with Gasteiger partial charge in [-0.3, -0.25) is 0 Å². The molecule has 0 unspecified atom stereocenters. The van der Waals surface area contributed by atoms with Crippen LogP contribution in [0.1, 0.15) is 0 Å². The number of allylic oxidation sites excluding steroid dienone is 2. The van der Waals surface area contributed by atoms with Gasteiger partial charge in [-0.1, -0.05) is 0 Å². The topological polar surface area (TPSA) is 0 Å². The summed E-state index contributed by atoms with van der Waals surface area (Å²) < 4.78 is 168. The first-order valence-electron chi connectivity index (χ1n) is 4.15. The van der Waals surface area contributed by atoms with Gasteiger partial charge < -0.3 is 0 Å². The fourth-order valence-corrected chi connectivity index (χ4v) is 1.06. The minimum absolute atomic E-state index is 4.88. The quantitative estimate of drug-likeness (QED) is 0.573. The molecule has 0 aliphatic carbocycles. The third-order valence-electron chi connectivity index (χ3n) is 1.88. The average Bonchev–Trinajstić information content (AvgIpc) is 2.09. The molecular weight excluding hydrogens is 350 g/mol. The van der Waals surface area contributed by atoms with Gasteiger partial charge >= 0.3 is 30.4 Å². The predicted octanol–water partition coefficient (Wildman–Crippen LogP) is 5.17. The van der Waals surface area contributed by atoms with Crippen molar-refractivity contribution in [3.8, 4) is 0 Å². The zero-order valence-electron chi connectivity index (χ0n) is 8.79. The van der Waals surface area contributed by atoms with Gasteiger partial charge in [0, 0.05) is 0 Å². The summed E-state index contributed by atoms with van der Waals surface area (Å²) in [6.07, 6.45) is -29.2. The molecule has 126 valence electrons. The molecule has 0 spiro atoms. The third-order valence-corrected chi connectivity index (χ3v) is 1.88. The monoisotopic (exact) mass is 350 g/mol. The summed E-state index contributed by atoms with van der Waals surface area (Å²) in [5, 5.41) is 0. The highest BCUT2D eigenvalue weighted by Gasteiger charge is 2.80. The summed E-state index contributed by atoms with van der Waals surface area (Å²) in [5.41, 5.74) is -12.7. The van der Waals surface area contributed by atoms with E-state index in [-0.39, 0.29) is 0 Å². The van der Waals surface area contributed by atoms with Crippen LogP contribution >= 0.6 is 0 Å². The van der Waals surface area contributed by atoms with Crippen molar-refractivity contribution >= 4 is 0 Å². The van der Waals surface area contributed by atoms with Crippen LogP contribution in [0.2, 0.25) is 0 Å². The molecule has 0 amide bonds. The standard InChI is InChI=1S/C7F14/c8-2(5(13,14)15)1(4(10,11)12)3(9,6(16,17)18)7(19,20)21. The van der Waals surface area contributed by atoms with E-state index in [1.165, 1.54) is 0 Å². The van der Waals surface area contributed by atoms with Crippen LogP contribution in [0, 0.1) is 0 Å². The summed E-state index contributed by atoms with van der Waals surface area (Å²) in [7, 11) is 0. The van der Waals surface area contributed by atoms with E-state index in [0.29, 0.717) is 0 Å². The Balaban J connectivity index is 6.83. The highest BCUT2D eigenvalue weighted by molar-refractivity contribution is 5.32. The van der Waals surface area contributed by atoms with Crippen LogP contribution < -0.4 is 0 Å². The Morgan fingerprint density at radius 2 is 0.762 bits per heavy atom. The second-order valence-electron chi connectivity index (χ2n) is 3.34. The molecule has 0 aromatic carbocycles. The molecule has 0 N–H and O–H groups in total. The van der Waals surface area contributed by atoms with Gasteiger partial charge in [0.25, 0.3) is 0 Å². The second kappa shape index (κ2) is 4.90. The van der Waals surface area contributed by atoms with Gasteiger partial charge in [-0.15, -0.1) is 0 Å². The molecule has 0 aliphatic rings. The largest absolute Gasteiger partial charge is 0.443 e. The molecule has 0 aliphatic heterocycles. The molecule has 0 saturated carbocycles. The molecule has 0 atom stereocenters. The molecule has 0 nitrogen and oxygen atoms in total. The van der Waals surface area contributed by atoms with E-state index in [2.05, 4.69) is 0 Å². The number of hydrogen-bond acceptors (Lipinski definition) is 0. The Morgan fingerprint density at radius 3 is 0.905 bits per heavy atom. The molecule has 0 saturated heterocycles. The van der Waals surface area contributed by atoms with Crippen molar-refractivity contribution < 1.29 is 61.5 Å². The lowest BCUT2D eigenvalue weighted by Gasteiger charge is -2.33. The molecule has 0 rings (SSSR count). The van der Waals surface area contributed by atoms with Crippen molar-refractivity contribution in [2.75, 3.05) is 0 Å². The van der Waals surface area contributed by atoms with E-state index in [0.717, 1.165) is 0 Å². The minimum Gasteiger partial charge on any atom is -0.218 e. The zero-order valence-corrected chi connectivity index (χ0v) is 8.79. The van der Waals surface area contributed by atoms with Crippen LogP contribution in [0.3, 0.4) is 0 Å². The van der Waals surface area contributed by atoms with Crippen LogP contribution in [0.25, 0.3) is 0 Å². The molecule has 0 heterocycles. The molecule has 14 heteroatoms. The van der Waals surface area contributed by atoms with Crippen LogP contribution in [0.15, 0.2) is 11.4 Å². The normalized spacial score (nSPS) is 16.9. The first kappa shape index (κ1) is 19.8. The van der Waals surface area contributed by atoms with Crippen LogP contribution in [0.4, 0.5) is 61.5 Å². The highest BCUT2D eigenvalue weighted by atomic mass is 19.4. The molecular formula is C7F14. The maximum Gasteiger partial charge on any atom is 0.443 e. The van der Waals surface area contributed by atoms with Gasteiger partial charge in [-0.2, -0.15) is 52.7 Å². The van der Waals surface area contributed by atoms with Crippen molar-refractivity contribution in [1.82, 2.24) is 0 Å². The van der Waals surface area contributed by atoms with Gasteiger partial charge in [0.15, 0.2) is 0 Å². The number of alkyl halides is 13. The molecule has 0 radical (unpaired) electrons. The predicted molar refractivity (Wildman–Crippen MR) is 36.2 cm³/mol. The van der Waals surface area contributed by atoms with Gasteiger partial charge in [-0.25, -0.2) is 8.78 Å². The van der Waals surface area contributed by atoms with E-state index in [9.17, 15) is 61.5 Å². The van der Waals surface area contributed by atoms with Gasteiger partial charge in [0.1, 0.15) is 5.57 Å². The van der Waals surface area contributed by atoms with E-state index >= 15 is 0 Å². The SMILES string of the molecule is FC(=C(C(F)(F)F)C(F)(C(F)(F)F)C(F)(F)F)C(F)(F)F. The first-order valence-corrected chi connectivity index (χ1v) is 4.15. The minimum atomic E-state index is -7.59. The van der Waals surface area contributed by atoms with Gasteiger partial charge in [0.05, 0.1) is 0 Å². The Morgan fingerprint density at radius 1 is 0.476 bits per heavy atom. The van der Waals surface area contributed by atoms with Gasteiger partial charge in [0.2, 0.25) is 5.83 Å². The van der Waals surface area contributed by atoms with E-state index in [1.807, 2.05) is 0 Å². The smallest absolute Gasteiger partial charge is 0.218 e. The average molecular weight is 350 g/mol. The zero-order chi connectivity index (χ0) is 17.7. The molecule has 0 bridgehead atoms. The lowest BCUT2D eigenvalue weighted by Crippen LogP contribution is -2.58. The van der Waals surface area contributed by atoms with E-state index in [4.69, 9.17) is 0 Å². The highest BCUT2D eigenvalue weighted by Crippen LogP contribution is 2.57. The summed E-state index contributed by atoms with van der Waals surface area (Å²) in [5.74, 6) is -4.88. The Bertz CT molecular complexity index is 397. The summed E-state index contributed by atoms with van der Waals surface area (Å²) in [4.78, 5) is 0. The molecule has 0 fully saturated rings. The van der Waals surface area contributed by atoms with E-state index < -0.39 is 41.8 Å². The molecule has 0 aromatic rings. The lowest BCUT2D eigenvalue weighted by atomic mass is 9.92. The summed E-state index contributed by atoms with van der Waals surface area (Å²) >= 11 is 0. The van der Waals surface area contributed by atoms with Crippen molar-refractivity contribution in [1.29, 1.82) is 0 Å². The fraction of sp³-hybridized carbons (Fsp3) is 0.714. The van der Waals surface area contributed by atoms with Crippen molar-refractivity contribution in [2.45, 2.75) is 30.4 Å². The summed E-state index contributed by atoms with van der Waals surface area (Å²) in [6.45, 7) is 0. The Kier molecular flexibility index (Phi) is 4.61. The number of hydrogen-bond donors (Lipinski definition) is 0. The first-order chi connectivity index (χ1) is 8.78. The van der Waals surface area contributed by atoms with Crippen LogP contribution in [-0.2, 0) is 0 Å². The maximum absolute atomic E-state index is 13.0. The Hall–Kier alpha value is -1.24. The van der Waals surface area contributed by atoms with Crippen molar-refractivity contribution in [2.24, 2.45) is 0 Å². The molecule has 0 aromatic heterocycles. The van der Waals surface area contributed by atoms with Crippen molar-refractivity contribution in [3.05, 3.63) is 11.4 Å². The van der Waals surface area contributed by atoms with Gasteiger partial charge in [-0.05, 0) is 0 Å². The Labute approximate surface area is 105 Å². The molecule has 21 heavy (non-hydrogen) atoms. The lowest BCUT2D eigenvalue weighted by molar-refractivity contribution is -0.339. The number of rotatable bonds is 1. The van der Waals surface area contributed by atoms with Crippen LogP contribution in [-0.4, -0.2) is 30.4 Å².